The number of hydrogen-bond donors (Lipinski definition) is 3. The number of nitrogens with one attached hydrogen (secondary N) is 2. The molecule has 2 aromatic carbocycles. The largest absolute Gasteiger partial charge is 0.489 e. The molecule has 0 saturated heterocycles. The number of fused-ring (bicyclic) bond motifs is 1. The number of alkyl halides is 3. The van der Waals surface area contributed by atoms with Gasteiger partial charge >= 0.3 is 12.1 Å². The van der Waals surface area contributed by atoms with Crippen LogP contribution < -0.4 is 15.5 Å². The van der Waals surface area contributed by atoms with Gasteiger partial charge in [-0.3, -0.25) is 15.1 Å². The van der Waals surface area contributed by atoms with Gasteiger partial charge in [0.05, 0.1) is 24.3 Å². The fraction of sp³-hybridized carbons (Fsp3) is 0.444. The van der Waals surface area contributed by atoms with Crippen LogP contribution in [-0.2, 0) is 29.0 Å². The molecule has 0 unspecified atom stereocenters. The fourth-order valence-electron chi connectivity index (χ4n) is 4.78. The maximum absolute atomic E-state index is 13.8. The Balaban J connectivity index is 1.39. The fourth-order valence-corrected chi connectivity index (χ4v) is 4.78. The standard InChI is InChI=1S/C27H31F3N2O4/c28-27(29,30)23-15-19(6-8-21(23)20-4-2-1-3-5-20)17-36-32-24-11-13-35-25-9-7-18(14-22(24)25)16-31-12-10-26(33)34/h6-9,11,14-15,20,31-32H,1-5,10,12-13,16-17H2,(H,33,34). The molecule has 0 radical (unpaired) electrons. The average Bonchev–Trinajstić information content (AvgIpc) is 2.86. The Morgan fingerprint density at radius 2 is 1.86 bits per heavy atom. The van der Waals surface area contributed by atoms with Crippen molar-refractivity contribution < 1.29 is 32.6 Å². The highest BCUT2D eigenvalue weighted by Crippen LogP contribution is 2.41. The van der Waals surface area contributed by atoms with Crippen molar-refractivity contribution in [3.8, 4) is 5.75 Å². The van der Waals surface area contributed by atoms with E-state index in [2.05, 4.69) is 10.8 Å². The molecule has 1 heterocycles. The third-order valence-electron chi connectivity index (χ3n) is 6.59. The Labute approximate surface area is 208 Å². The minimum absolute atomic E-state index is 0.0298. The first-order valence-corrected chi connectivity index (χ1v) is 12.3. The Kier molecular flexibility index (Phi) is 8.53. The maximum Gasteiger partial charge on any atom is 0.416 e. The molecule has 2 aromatic rings. The first kappa shape index (κ1) is 26.0. The summed E-state index contributed by atoms with van der Waals surface area (Å²) in [5.41, 5.74) is 5.51. The molecule has 0 spiro atoms. The quantitative estimate of drug-likeness (QED) is 0.282. The van der Waals surface area contributed by atoms with Gasteiger partial charge in [0.1, 0.15) is 12.4 Å². The van der Waals surface area contributed by atoms with E-state index in [-0.39, 0.29) is 18.9 Å². The summed E-state index contributed by atoms with van der Waals surface area (Å²) in [7, 11) is 0. The third kappa shape index (κ3) is 6.79. The topological polar surface area (TPSA) is 79.8 Å². The van der Waals surface area contributed by atoms with Crippen LogP contribution in [0.1, 0.15) is 72.3 Å². The SMILES string of the molecule is O=C(O)CCNCc1ccc2c(c1)C(NOCc1ccc(C3CCCCC3)c(C(F)(F)F)c1)=CCO2. The monoisotopic (exact) mass is 504 g/mol. The third-order valence-corrected chi connectivity index (χ3v) is 6.59. The number of rotatable bonds is 10. The number of carboxylic acid groups (broad SMARTS) is 1. The van der Waals surface area contributed by atoms with E-state index in [1.807, 2.05) is 18.2 Å². The molecule has 9 heteroatoms. The number of halogens is 3. The molecule has 6 nitrogen and oxygen atoms in total. The molecule has 1 saturated carbocycles. The summed E-state index contributed by atoms with van der Waals surface area (Å²) in [6.07, 6.45) is 2.05. The van der Waals surface area contributed by atoms with Gasteiger partial charge in [0.15, 0.2) is 0 Å². The Morgan fingerprint density at radius 1 is 1.08 bits per heavy atom. The van der Waals surface area contributed by atoms with Gasteiger partial charge in [-0.25, -0.2) is 0 Å². The highest BCUT2D eigenvalue weighted by atomic mass is 19.4. The van der Waals surface area contributed by atoms with Crippen LogP contribution in [0.25, 0.3) is 5.70 Å². The van der Waals surface area contributed by atoms with Crippen molar-refractivity contribution in [3.05, 3.63) is 70.3 Å². The van der Waals surface area contributed by atoms with Crippen LogP contribution in [-0.4, -0.2) is 24.2 Å². The van der Waals surface area contributed by atoms with Crippen LogP contribution in [0.3, 0.4) is 0 Å². The summed E-state index contributed by atoms with van der Waals surface area (Å²) in [4.78, 5) is 16.3. The van der Waals surface area contributed by atoms with E-state index in [0.717, 1.165) is 43.2 Å². The summed E-state index contributed by atoms with van der Waals surface area (Å²) < 4.78 is 47.2. The molecular weight excluding hydrogens is 473 g/mol. The predicted octanol–water partition coefficient (Wildman–Crippen LogP) is 5.77. The second kappa shape index (κ2) is 11.8. The lowest BCUT2D eigenvalue weighted by molar-refractivity contribution is -0.139. The smallest absolute Gasteiger partial charge is 0.416 e. The highest BCUT2D eigenvalue weighted by molar-refractivity contribution is 5.71. The number of carbonyl (C=O) groups is 1. The number of aliphatic carboxylic acids is 1. The lowest BCUT2D eigenvalue weighted by Gasteiger charge is -2.25. The minimum Gasteiger partial charge on any atom is -0.489 e. The zero-order valence-electron chi connectivity index (χ0n) is 20.0. The van der Waals surface area contributed by atoms with Crippen LogP contribution in [0.5, 0.6) is 5.75 Å². The van der Waals surface area contributed by atoms with Crippen molar-refractivity contribution in [1.29, 1.82) is 0 Å². The zero-order valence-corrected chi connectivity index (χ0v) is 20.0. The Morgan fingerprint density at radius 3 is 2.61 bits per heavy atom. The van der Waals surface area contributed by atoms with Crippen molar-refractivity contribution in [1.82, 2.24) is 10.8 Å². The van der Waals surface area contributed by atoms with Gasteiger partial charge in [-0.05, 0) is 59.7 Å². The number of hydroxylamine groups is 1. The van der Waals surface area contributed by atoms with E-state index in [4.69, 9.17) is 14.7 Å². The van der Waals surface area contributed by atoms with Gasteiger partial charge in [-0.15, -0.1) is 0 Å². The molecule has 1 fully saturated rings. The van der Waals surface area contributed by atoms with Gasteiger partial charge in [0.25, 0.3) is 0 Å². The van der Waals surface area contributed by atoms with Gasteiger partial charge in [-0.1, -0.05) is 37.5 Å². The lowest BCUT2D eigenvalue weighted by atomic mass is 9.81. The predicted molar refractivity (Wildman–Crippen MR) is 129 cm³/mol. The molecule has 0 atom stereocenters. The van der Waals surface area contributed by atoms with E-state index in [1.54, 1.807) is 18.2 Å². The van der Waals surface area contributed by atoms with E-state index in [0.29, 0.717) is 42.3 Å². The average molecular weight is 505 g/mol. The molecule has 2 aliphatic rings. The number of hydrogen-bond acceptors (Lipinski definition) is 5. The maximum atomic E-state index is 13.8. The summed E-state index contributed by atoms with van der Waals surface area (Å²) in [6.45, 7) is 1.15. The van der Waals surface area contributed by atoms with Gasteiger partial charge in [0, 0.05) is 18.7 Å². The molecule has 0 amide bonds. The molecule has 0 bridgehead atoms. The normalized spacial score (nSPS) is 16.1. The van der Waals surface area contributed by atoms with E-state index in [1.165, 1.54) is 6.07 Å². The van der Waals surface area contributed by atoms with Crippen molar-refractivity contribution in [2.75, 3.05) is 13.2 Å². The van der Waals surface area contributed by atoms with Gasteiger partial charge in [-0.2, -0.15) is 13.2 Å². The Hall–Kier alpha value is -3.04. The second-order valence-corrected chi connectivity index (χ2v) is 9.22. The van der Waals surface area contributed by atoms with Crippen LogP contribution >= 0.6 is 0 Å². The van der Waals surface area contributed by atoms with E-state index >= 15 is 0 Å². The molecule has 0 aromatic heterocycles. The molecule has 4 rings (SSSR count). The zero-order chi connectivity index (χ0) is 25.5. The number of carboxylic acids is 1. The highest BCUT2D eigenvalue weighted by Gasteiger charge is 2.35. The van der Waals surface area contributed by atoms with Gasteiger partial charge in [0.2, 0.25) is 0 Å². The number of ether oxygens (including phenoxy) is 1. The van der Waals surface area contributed by atoms with Crippen LogP contribution in [0, 0.1) is 0 Å². The molecule has 1 aliphatic heterocycles. The molecule has 1 aliphatic carbocycles. The van der Waals surface area contributed by atoms with Crippen molar-refractivity contribution in [2.24, 2.45) is 0 Å². The second-order valence-electron chi connectivity index (χ2n) is 9.22. The van der Waals surface area contributed by atoms with Crippen LogP contribution in [0.2, 0.25) is 0 Å². The molecule has 3 N–H and O–H groups in total. The van der Waals surface area contributed by atoms with Crippen LogP contribution in [0.4, 0.5) is 13.2 Å². The van der Waals surface area contributed by atoms with Crippen molar-refractivity contribution in [3.63, 3.8) is 0 Å². The summed E-state index contributed by atoms with van der Waals surface area (Å²) in [6, 6.07) is 10.2. The first-order valence-electron chi connectivity index (χ1n) is 12.3. The first-order chi connectivity index (χ1) is 17.3. The van der Waals surface area contributed by atoms with E-state index in [9.17, 15) is 18.0 Å². The summed E-state index contributed by atoms with van der Waals surface area (Å²) >= 11 is 0. The molecule has 36 heavy (non-hydrogen) atoms. The molecular formula is C27H31F3N2O4. The number of benzene rings is 2. The van der Waals surface area contributed by atoms with Crippen LogP contribution in [0.15, 0.2) is 42.5 Å². The minimum atomic E-state index is -4.41. The van der Waals surface area contributed by atoms with Crippen molar-refractivity contribution in [2.45, 2.75) is 63.8 Å². The van der Waals surface area contributed by atoms with Crippen molar-refractivity contribution >= 4 is 11.7 Å². The lowest BCUT2D eigenvalue weighted by Crippen LogP contribution is -2.20. The summed E-state index contributed by atoms with van der Waals surface area (Å²) in [5, 5.41) is 11.8. The molecule has 194 valence electrons. The van der Waals surface area contributed by atoms with E-state index < -0.39 is 17.7 Å². The summed E-state index contributed by atoms with van der Waals surface area (Å²) in [5.74, 6) is -0.242. The Bertz CT molecular complexity index is 1090. The van der Waals surface area contributed by atoms with Gasteiger partial charge < -0.3 is 15.2 Å².